The van der Waals surface area contributed by atoms with Gasteiger partial charge in [-0.15, -0.1) is 0 Å². The Labute approximate surface area is 104 Å². The number of hydrogen-bond acceptors (Lipinski definition) is 3. The molecule has 0 aromatic carbocycles. The van der Waals surface area contributed by atoms with Gasteiger partial charge in [-0.1, -0.05) is 12.8 Å². The Morgan fingerprint density at radius 1 is 1.18 bits per heavy atom. The van der Waals surface area contributed by atoms with Gasteiger partial charge in [-0.2, -0.15) is 0 Å². The van der Waals surface area contributed by atoms with E-state index in [9.17, 15) is 0 Å². The van der Waals surface area contributed by atoms with Gasteiger partial charge in [0.05, 0.1) is 18.3 Å². The highest BCUT2D eigenvalue weighted by molar-refractivity contribution is 4.93. The lowest BCUT2D eigenvalue weighted by molar-refractivity contribution is -0.0245. The highest BCUT2D eigenvalue weighted by Crippen LogP contribution is 2.35. The third-order valence-corrected chi connectivity index (χ3v) is 4.73. The summed E-state index contributed by atoms with van der Waals surface area (Å²) < 4.78 is 12.1. The lowest BCUT2D eigenvalue weighted by atomic mass is 9.89. The van der Waals surface area contributed by atoms with Crippen LogP contribution in [-0.4, -0.2) is 38.0 Å². The van der Waals surface area contributed by atoms with Crippen LogP contribution in [0, 0.1) is 5.92 Å². The molecule has 1 atom stereocenters. The predicted octanol–water partition coefficient (Wildman–Crippen LogP) is 2.10. The van der Waals surface area contributed by atoms with Gasteiger partial charge in [-0.3, -0.25) is 0 Å². The molecule has 1 spiro atoms. The van der Waals surface area contributed by atoms with E-state index in [1.807, 2.05) is 0 Å². The van der Waals surface area contributed by atoms with Gasteiger partial charge in [0, 0.05) is 13.0 Å². The molecule has 0 aromatic rings. The summed E-state index contributed by atoms with van der Waals surface area (Å²) in [4.78, 5) is 0. The first-order chi connectivity index (χ1) is 8.36. The number of piperidine rings is 1. The molecule has 0 amide bonds. The molecule has 0 aromatic heterocycles. The van der Waals surface area contributed by atoms with Gasteiger partial charge in [-0.05, 0) is 44.7 Å². The molecule has 98 valence electrons. The SMILES string of the molecule is C1CCC(COC2COC3(CCNCC3)C2)C1. The first-order valence-corrected chi connectivity index (χ1v) is 7.33. The van der Waals surface area contributed by atoms with Crippen molar-refractivity contribution >= 4 is 0 Å². The normalized spacial score (nSPS) is 33.5. The largest absolute Gasteiger partial charge is 0.375 e. The zero-order valence-corrected chi connectivity index (χ0v) is 10.7. The third-order valence-electron chi connectivity index (χ3n) is 4.73. The van der Waals surface area contributed by atoms with Crippen molar-refractivity contribution in [2.24, 2.45) is 5.92 Å². The van der Waals surface area contributed by atoms with Crippen LogP contribution < -0.4 is 5.32 Å². The van der Waals surface area contributed by atoms with Crippen molar-refractivity contribution in [1.82, 2.24) is 5.32 Å². The van der Waals surface area contributed by atoms with Crippen molar-refractivity contribution < 1.29 is 9.47 Å². The van der Waals surface area contributed by atoms with Gasteiger partial charge in [0.25, 0.3) is 0 Å². The summed E-state index contributed by atoms with van der Waals surface area (Å²) in [5.41, 5.74) is 0.158. The van der Waals surface area contributed by atoms with Crippen LogP contribution in [0.1, 0.15) is 44.9 Å². The lowest BCUT2D eigenvalue weighted by Gasteiger charge is -2.32. The topological polar surface area (TPSA) is 30.5 Å². The molecule has 2 aliphatic heterocycles. The molecule has 1 saturated carbocycles. The second kappa shape index (κ2) is 5.25. The summed E-state index contributed by atoms with van der Waals surface area (Å²) in [5.74, 6) is 0.833. The molecule has 0 bridgehead atoms. The molecule has 0 radical (unpaired) electrons. The Morgan fingerprint density at radius 3 is 2.71 bits per heavy atom. The summed E-state index contributed by atoms with van der Waals surface area (Å²) in [6.07, 6.45) is 9.39. The predicted molar refractivity (Wildman–Crippen MR) is 67.1 cm³/mol. The molecule has 2 heterocycles. The van der Waals surface area contributed by atoms with Gasteiger partial charge in [0.15, 0.2) is 0 Å². The minimum absolute atomic E-state index is 0.158. The van der Waals surface area contributed by atoms with E-state index in [4.69, 9.17) is 9.47 Å². The number of ether oxygens (including phenoxy) is 2. The van der Waals surface area contributed by atoms with Crippen LogP contribution in [0.5, 0.6) is 0 Å². The van der Waals surface area contributed by atoms with Crippen molar-refractivity contribution in [1.29, 1.82) is 0 Å². The van der Waals surface area contributed by atoms with E-state index < -0.39 is 0 Å². The van der Waals surface area contributed by atoms with Gasteiger partial charge < -0.3 is 14.8 Å². The van der Waals surface area contributed by atoms with E-state index in [0.29, 0.717) is 6.10 Å². The van der Waals surface area contributed by atoms with Crippen LogP contribution in [0.15, 0.2) is 0 Å². The summed E-state index contributed by atoms with van der Waals surface area (Å²) >= 11 is 0. The van der Waals surface area contributed by atoms with Gasteiger partial charge in [0.2, 0.25) is 0 Å². The quantitative estimate of drug-likeness (QED) is 0.818. The molecule has 3 heteroatoms. The zero-order chi connectivity index (χ0) is 11.6. The molecule has 3 fully saturated rings. The van der Waals surface area contributed by atoms with Gasteiger partial charge >= 0.3 is 0 Å². The maximum Gasteiger partial charge on any atom is 0.0836 e. The number of nitrogens with one attached hydrogen (secondary N) is 1. The minimum Gasteiger partial charge on any atom is -0.375 e. The fourth-order valence-electron chi connectivity index (χ4n) is 3.59. The van der Waals surface area contributed by atoms with Crippen LogP contribution in [0.25, 0.3) is 0 Å². The smallest absolute Gasteiger partial charge is 0.0836 e. The average Bonchev–Trinajstić information content (AvgIpc) is 2.98. The minimum atomic E-state index is 0.158. The van der Waals surface area contributed by atoms with E-state index in [-0.39, 0.29) is 5.60 Å². The van der Waals surface area contributed by atoms with E-state index >= 15 is 0 Å². The highest BCUT2D eigenvalue weighted by Gasteiger charge is 2.41. The Hall–Kier alpha value is -0.120. The first kappa shape index (κ1) is 11.9. The molecule has 3 rings (SSSR count). The fraction of sp³-hybridized carbons (Fsp3) is 1.00. The molecule has 3 nitrogen and oxygen atoms in total. The Morgan fingerprint density at radius 2 is 1.94 bits per heavy atom. The first-order valence-electron chi connectivity index (χ1n) is 7.33. The van der Waals surface area contributed by atoms with Crippen molar-refractivity contribution in [3.8, 4) is 0 Å². The number of rotatable bonds is 3. The third kappa shape index (κ3) is 2.83. The summed E-state index contributed by atoms with van der Waals surface area (Å²) in [6.45, 7) is 4.01. The molecule has 1 unspecified atom stereocenters. The second-order valence-electron chi connectivity index (χ2n) is 6.05. The summed E-state index contributed by atoms with van der Waals surface area (Å²) in [7, 11) is 0. The Bertz CT molecular complexity index is 245. The fourth-order valence-corrected chi connectivity index (χ4v) is 3.59. The number of hydrogen-bond donors (Lipinski definition) is 1. The summed E-state index contributed by atoms with van der Waals surface area (Å²) in [6, 6.07) is 0. The maximum absolute atomic E-state index is 6.07. The molecule has 2 saturated heterocycles. The molecule has 1 aliphatic carbocycles. The van der Waals surface area contributed by atoms with Crippen molar-refractivity contribution in [3.63, 3.8) is 0 Å². The second-order valence-corrected chi connectivity index (χ2v) is 6.05. The van der Waals surface area contributed by atoms with Crippen LogP contribution >= 0.6 is 0 Å². The Balaban J connectivity index is 1.43. The maximum atomic E-state index is 6.07. The van der Waals surface area contributed by atoms with Crippen molar-refractivity contribution in [2.45, 2.75) is 56.7 Å². The lowest BCUT2D eigenvalue weighted by Crippen LogP contribution is -2.41. The van der Waals surface area contributed by atoms with Crippen LogP contribution in [-0.2, 0) is 9.47 Å². The van der Waals surface area contributed by atoms with Crippen LogP contribution in [0.3, 0.4) is 0 Å². The van der Waals surface area contributed by atoms with Gasteiger partial charge in [0.1, 0.15) is 0 Å². The van der Waals surface area contributed by atoms with Crippen molar-refractivity contribution in [3.05, 3.63) is 0 Å². The average molecular weight is 239 g/mol. The van der Waals surface area contributed by atoms with E-state index in [1.165, 1.54) is 25.7 Å². The van der Waals surface area contributed by atoms with Crippen LogP contribution in [0.2, 0.25) is 0 Å². The zero-order valence-electron chi connectivity index (χ0n) is 10.7. The van der Waals surface area contributed by atoms with E-state index in [0.717, 1.165) is 51.5 Å². The van der Waals surface area contributed by atoms with Crippen molar-refractivity contribution in [2.75, 3.05) is 26.3 Å². The molecule has 17 heavy (non-hydrogen) atoms. The highest BCUT2D eigenvalue weighted by atomic mass is 16.6. The molecule has 3 aliphatic rings. The van der Waals surface area contributed by atoms with Crippen LogP contribution in [0.4, 0.5) is 0 Å². The van der Waals surface area contributed by atoms with E-state index in [2.05, 4.69) is 5.32 Å². The standard InChI is InChI=1S/C14H25NO2/c1-2-4-12(3-1)10-16-13-9-14(17-11-13)5-7-15-8-6-14/h12-13,15H,1-11H2. The van der Waals surface area contributed by atoms with Gasteiger partial charge in [-0.25, -0.2) is 0 Å². The summed E-state index contributed by atoms with van der Waals surface area (Å²) in [5, 5.41) is 3.41. The molecular weight excluding hydrogens is 214 g/mol. The molecule has 1 N–H and O–H groups in total. The molecular formula is C14H25NO2. The van der Waals surface area contributed by atoms with E-state index in [1.54, 1.807) is 0 Å². The Kier molecular flexibility index (Phi) is 3.69. The monoisotopic (exact) mass is 239 g/mol.